The molecule has 7 heteroatoms. The molecule has 1 fully saturated rings. The lowest BCUT2D eigenvalue weighted by Crippen LogP contribution is -2.66. The molecule has 1 saturated heterocycles. The Morgan fingerprint density at radius 1 is 1.07 bits per heavy atom. The number of carbonyl (C=O) groups is 2. The summed E-state index contributed by atoms with van der Waals surface area (Å²) in [6.45, 7) is 14.9. The number of imide groups is 1. The van der Waals surface area contributed by atoms with Crippen LogP contribution >= 0.6 is 0 Å². The molecular weight excluding hydrogens is 374 g/mol. The highest BCUT2D eigenvalue weighted by Gasteiger charge is 2.58. The summed E-state index contributed by atoms with van der Waals surface area (Å²) in [5, 5.41) is 9.61. The molecule has 156 valence electrons. The van der Waals surface area contributed by atoms with Crippen LogP contribution in [-0.4, -0.2) is 43.0 Å². The summed E-state index contributed by atoms with van der Waals surface area (Å²) < 4.78 is 11.8. The van der Waals surface area contributed by atoms with E-state index in [1.807, 2.05) is 0 Å². The second kappa shape index (κ2) is 8.65. The largest absolute Gasteiger partial charge is 0.508 e. The lowest BCUT2D eigenvalue weighted by molar-refractivity contribution is -0.161. The van der Waals surface area contributed by atoms with E-state index < -0.39 is 26.6 Å². The number of amides is 2. The Labute approximate surface area is 169 Å². The second-order valence-electron chi connectivity index (χ2n) is 8.30. The molecule has 6 nitrogen and oxygen atoms in total. The van der Waals surface area contributed by atoms with Crippen LogP contribution in [0.1, 0.15) is 60.1 Å². The molecule has 0 aliphatic carbocycles. The topological polar surface area (TPSA) is 76.1 Å². The Morgan fingerprint density at radius 2 is 1.57 bits per heavy atom. The SMILES string of the molecule is CCOC(=O)N1C(=O)C(O[Si](C(C)C)(C(C)C)C(C)C)C1c1ccc(O)cc1. The highest BCUT2D eigenvalue weighted by molar-refractivity contribution is 6.77. The van der Waals surface area contributed by atoms with Gasteiger partial charge in [-0.05, 0) is 41.2 Å². The molecule has 2 atom stereocenters. The lowest BCUT2D eigenvalue weighted by Gasteiger charge is -2.51. The average molecular weight is 408 g/mol. The molecule has 0 bridgehead atoms. The van der Waals surface area contributed by atoms with Gasteiger partial charge in [-0.15, -0.1) is 0 Å². The Kier molecular flexibility index (Phi) is 6.93. The molecule has 1 heterocycles. The second-order valence-corrected chi connectivity index (χ2v) is 13.7. The number of hydrogen-bond donors (Lipinski definition) is 1. The first-order valence-electron chi connectivity index (χ1n) is 10.0. The van der Waals surface area contributed by atoms with Crippen LogP contribution in [0.3, 0.4) is 0 Å². The van der Waals surface area contributed by atoms with E-state index in [-0.39, 0.29) is 18.3 Å². The Hall–Kier alpha value is -1.86. The van der Waals surface area contributed by atoms with Gasteiger partial charge in [0.1, 0.15) is 11.8 Å². The van der Waals surface area contributed by atoms with Gasteiger partial charge in [0, 0.05) is 0 Å². The van der Waals surface area contributed by atoms with Gasteiger partial charge in [0.2, 0.25) is 8.32 Å². The molecule has 0 radical (unpaired) electrons. The van der Waals surface area contributed by atoms with Crippen LogP contribution in [0.15, 0.2) is 24.3 Å². The fourth-order valence-electron chi connectivity index (χ4n) is 4.60. The molecule has 1 aromatic carbocycles. The van der Waals surface area contributed by atoms with Crippen molar-refractivity contribution >= 4 is 20.3 Å². The number of ether oxygens (including phenoxy) is 1. The van der Waals surface area contributed by atoms with Crippen LogP contribution < -0.4 is 0 Å². The van der Waals surface area contributed by atoms with Crippen molar-refractivity contribution in [3.8, 4) is 5.75 Å². The van der Waals surface area contributed by atoms with Crippen molar-refractivity contribution in [1.29, 1.82) is 0 Å². The summed E-state index contributed by atoms with van der Waals surface area (Å²) in [5.74, 6) is -0.222. The van der Waals surface area contributed by atoms with Gasteiger partial charge < -0.3 is 14.3 Å². The van der Waals surface area contributed by atoms with Crippen LogP contribution in [0.2, 0.25) is 16.6 Å². The Morgan fingerprint density at radius 3 is 2.00 bits per heavy atom. The zero-order chi connectivity index (χ0) is 21.2. The third-order valence-electron chi connectivity index (χ3n) is 5.78. The molecule has 2 amide bonds. The third kappa shape index (κ3) is 3.82. The van der Waals surface area contributed by atoms with Gasteiger partial charge in [-0.25, -0.2) is 9.69 Å². The van der Waals surface area contributed by atoms with Gasteiger partial charge >= 0.3 is 6.09 Å². The van der Waals surface area contributed by atoms with E-state index in [1.54, 1.807) is 31.2 Å². The number of benzene rings is 1. The van der Waals surface area contributed by atoms with Gasteiger partial charge in [0.05, 0.1) is 6.61 Å². The van der Waals surface area contributed by atoms with E-state index in [0.29, 0.717) is 16.6 Å². The molecule has 1 aliphatic rings. The van der Waals surface area contributed by atoms with Crippen LogP contribution in [-0.2, 0) is 14.0 Å². The highest BCUT2D eigenvalue weighted by atomic mass is 28.4. The van der Waals surface area contributed by atoms with Gasteiger partial charge in [-0.3, -0.25) is 4.79 Å². The third-order valence-corrected chi connectivity index (χ3v) is 11.9. The van der Waals surface area contributed by atoms with Gasteiger partial charge in [-0.2, -0.15) is 0 Å². The lowest BCUT2D eigenvalue weighted by atomic mass is 9.91. The van der Waals surface area contributed by atoms with Crippen molar-refractivity contribution in [2.45, 2.75) is 77.2 Å². The minimum absolute atomic E-state index is 0.129. The monoisotopic (exact) mass is 407 g/mol. The van der Waals surface area contributed by atoms with Gasteiger partial charge in [0.25, 0.3) is 5.91 Å². The fraction of sp³-hybridized carbons (Fsp3) is 0.619. The van der Waals surface area contributed by atoms with Gasteiger partial charge in [-0.1, -0.05) is 53.7 Å². The number of β-lactam (4-membered cyclic amide) rings is 1. The molecule has 0 aromatic heterocycles. The van der Waals surface area contributed by atoms with Crippen LogP contribution in [0.25, 0.3) is 0 Å². The van der Waals surface area contributed by atoms with Crippen LogP contribution in [0, 0.1) is 0 Å². The Bertz CT molecular complexity index is 679. The smallest absolute Gasteiger partial charge is 0.417 e. The molecule has 28 heavy (non-hydrogen) atoms. The quantitative estimate of drug-likeness (QED) is 0.509. The van der Waals surface area contributed by atoms with Crippen LogP contribution in [0.5, 0.6) is 5.75 Å². The van der Waals surface area contributed by atoms with E-state index in [1.165, 1.54) is 0 Å². The fourth-order valence-corrected chi connectivity index (χ4v) is 10.1. The highest BCUT2D eigenvalue weighted by Crippen LogP contribution is 2.48. The number of aromatic hydroxyl groups is 1. The summed E-state index contributed by atoms with van der Waals surface area (Å²) in [6.07, 6.45) is -1.37. The maximum absolute atomic E-state index is 12.9. The van der Waals surface area contributed by atoms with E-state index in [0.717, 1.165) is 10.5 Å². The maximum Gasteiger partial charge on any atom is 0.417 e. The maximum atomic E-state index is 12.9. The number of carbonyl (C=O) groups excluding carboxylic acids is 2. The van der Waals surface area contributed by atoms with E-state index in [4.69, 9.17) is 9.16 Å². The van der Waals surface area contributed by atoms with E-state index in [2.05, 4.69) is 41.5 Å². The number of phenolic OH excluding ortho intramolecular Hbond substituents is 1. The molecule has 0 saturated carbocycles. The minimum Gasteiger partial charge on any atom is -0.508 e. The van der Waals surface area contributed by atoms with Crippen molar-refractivity contribution < 1.29 is 23.9 Å². The van der Waals surface area contributed by atoms with Crippen molar-refractivity contribution in [2.24, 2.45) is 0 Å². The first-order valence-corrected chi connectivity index (χ1v) is 12.2. The summed E-state index contributed by atoms with van der Waals surface area (Å²) in [6, 6.07) is 6.00. The minimum atomic E-state index is -2.32. The first-order chi connectivity index (χ1) is 13.1. The van der Waals surface area contributed by atoms with Crippen molar-refractivity contribution in [1.82, 2.24) is 4.90 Å². The van der Waals surface area contributed by atoms with Crippen molar-refractivity contribution in [3.63, 3.8) is 0 Å². The number of phenols is 1. The summed E-state index contributed by atoms with van der Waals surface area (Å²) in [7, 11) is -2.32. The standard InChI is InChI=1S/C21H33NO5Si/c1-8-26-21(25)22-18(16-9-11-17(23)12-10-16)19(20(22)24)27-28(13(2)3,14(4)5)15(6)7/h9-15,18-19,23H,8H2,1-7H3. The van der Waals surface area contributed by atoms with Gasteiger partial charge in [0.15, 0.2) is 6.10 Å². The molecule has 2 unspecified atom stereocenters. The molecule has 1 aromatic rings. The zero-order valence-electron chi connectivity index (χ0n) is 17.9. The van der Waals surface area contributed by atoms with Crippen molar-refractivity contribution in [3.05, 3.63) is 29.8 Å². The number of rotatable bonds is 7. The molecule has 1 N–H and O–H groups in total. The number of nitrogens with zero attached hydrogens (tertiary/aromatic N) is 1. The molecule has 1 aliphatic heterocycles. The van der Waals surface area contributed by atoms with E-state index in [9.17, 15) is 14.7 Å². The van der Waals surface area contributed by atoms with Crippen molar-refractivity contribution in [2.75, 3.05) is 6.61 Å². The predicted molar refractivity (Wildman–Crippen MR) is 111 cm³/mol. The average Bonchev–Trinajstić information content (AvgIpc) is 2.60. The molecular formula is C21H33NO5Si. The molecule has 0 spiro atoms. The predicted octanol–water partition coefficient (Wildman–Crippen LogP) is 4.99. The summed E-state index contributed by atoms with van der Waals surface area (Å²) in [4.78, 5) is 26.5. The summed E-state index contributed by atoms with van der Waals surface area (Å²) in [5.41, 5.74) is 1.70. The first kappa shape index (κ1) is 22.4. The molecule has 2 rings (SSSR count). The number of hydrogen-bond acceptors (Lipinski definition) is 5. The normalized spacial score (nSPS) is 20.1. The summed E-state index contributed by atoms with van der Waals surface area (Å²) >= 11 is 0. The van der Waals surface area contributed by atoms with E-state index >= 15 is 0 Å². The van der Waals surface area contributed by atoms with Crippen LogP contribution in [0.4, 0.5) is 4.79 Å². The number of likely N-dealkylation sites (tertiary alicyclic amines) is 1. The zero-order valence-corrected chi connectivity index (χ0v) is 18.9. The Balaban J connectivity index is 2.44.